The van der Waals surface area contributed by atoms with E-state index in [1.807, 2.05) is 0 Å². The molecule has 0 bridgehead atoms. The molecule has 0 radical (unpaired) electrons. The second-order valence-corrected chi connectivity index (χ2v) is 11.3. The van der Waals surface area contributed by atoms with Gasteiger partial charge < -0.3 is 21.0 Å². The Morgan fingerprint density at radius 3 is 2.64 bits per heavy atom. The number of hydrogen-bond acceptors (Lipinski definition) is 15. The van der Waals surface area contributed by atoms with E-state index in [0.717, 1.165) is 39.3 Å². The fourth-order valence-electron chi connectivity index (χ4n) is 4.18. The number of carbonyl (C=O) groups is 5. The van der Waals surface area contributed by atoms with Gasteiger partial charge in [0.15, 0.2) is 10.8 Å². The molecule has 42 heavy (non-hydrogen) atoms. The van der Waals surface area contributed by atoms with Crippen LogP contribution in [0.4, 0.5) is 23.4 Å². The minimum absolute atomic E-state index is 0.0487. The fraction of sp³-hybridized carbons (Fsp3) is 0.286. The van der Waals surface area contributed by atoms with E-state index in [9.17, 15) is 42.4 Å². The standard InChI is InChI=1S/C21H15F3N8O7S3/c22-21(23,24)18(37)39-17(36)12-8(3-7-1-2-31(14(7)34)20-29-26-6-42-20)4-40-16-11(15(35)32(12)16)28-13(33)10(30-38)9-5-41-19(25)27-9/h3,5-6,11,16,38H,1-2,4H2,(H2,25,27)(H,28,33)/b7-3?,30-10-/t11-,16-/m1/s1. The number of thiazole rings is 1. The minimum atomic E-state index is -5.50. The van der Waals surface area contributed by atoms with E-state index in [0.29, 0.717) is 5.13 Å². The van der Waals surface area contributed by atoms with Crippen LogP contribution in [0.25, 0.3) is 0 Å². The number of nitrogens with one attached hydrogen (secondary N) is 1. The number of halogens is 3. The predicted octanol–water partition coefficient (Wildman–Crippen LogP) is 0.405. The Balaban J connectivity index is 1.42. The molecule has 2 atom stereocenters. The van der Waals surface area contributed by atoms with Crippen LogP contribution in [-0.4, -0.2) is 90.5 Å². The first-order valence-electron chi connectivity index (χ1n) is 11.4. The Morgan fingerprint density at radius 1 is 1.26 bits per heavy atom. The Morgan fingerprint density at radius 2 is 2.02 bits per heavy atom. The second kappa shape index (κ2) is 11.1. The van der Waals surface area contributed by atoms with E-state index in [1.54, 1.807) is 0 Å². The number of nitrogen functional groups attached to an aromatic ring is 1. The maximum absolute atomic E-state index is 13.1. The van der Waals surface area contributed by atoms with Gasteiger partial charge >= 0.3 is 18.1 Å². The van der Waals surface area contributed by atoms with E-state index in [2.05, 4.69) is 30.4 Å². The highest BCUT2D eigenvalue weighted by Crippen LogP contribution is 2.42. The van der Waals surface area contributed by atoms with E-state index >= 15 is 0 Å². The molecular weight excluding hydrogens is 629 g/mol. The van der Waals surface area contributed by atoms with Crippen LogP contribution in [0, 0.1) is 0 Å². The molecule has 0 unspecified atom stereocenters. The summed E-state index contributed by atoms with van der Waals surface area (Å²) >= 11 is 3.08. The van der Waals surface area contributed by atoms with Crippen molar-refractivity contribution < 1.29 is 47.1 Å². The number of hydrogen-bond donors (Lipinski definition) is 3. The van der Waals surface area contributed by atoms with Gasteiger partial charge in [-0.2, -0.15) is 13.2 Å². The number of ether oxygens (including phenoxy) is 1. The van der Waals surface area contributed by atoms with Crippen molar-refractivity contribution in [3.63, 3.8) is 0 Å². The monoisotopic (exact) mass is 644 g/mol. The molecule has 5 heterocycles. The number of allylic oxidation sites excluding steroid dienone is 1. The van der Waals surface area contributed by atoms with Crippen molar-refractivity contribution in [3.05, 3.63) is 39.5 Å². The van der Waals surface area contributed by atoms with Crippen LogP contribution in [0.15, 0.2) is 39.0 Å². The number of fused-ring (bicyclic) bond motifs is 1. The molecule has 4 N–H and O–H groups in total. The van der Waals surface area contributed by atoms with Gasteiger partial charge in [-0.1, -0.05) is 16.5 Å². The number of aromatic nitrogens is 3. The molecule has 21 heteroatoms. The van der Waals surface area contributed by atoms with Gasteiger partial charge in [-0.25, -0.2) is 14.6 Å². The molecule has 3 aliphatic heterocycles. The molecule has 5 rings (SSSR count). The lowest BCUT2D eigenvalue weighted by molar-refractivity contribution is -0.201. The number of esters is 2. The van der Waals surface area contributed by atoms with Gasteiger partial charge in [0.25, 0.3) is 17.7 Å². The SMILES string of the molecule is Nc1nc(/C(=N/O)C(=O)N[C@@H]2C(=O)N3C(C(=O)OC(=O)C(F)(F)F)=C(C=C4CCN(c5nncs5)C4=O)CS[C@H]23)cs1. The molecule has 0 spiro atoms. The number of nitrogens with zero attached hydrogens (tertiary/aromatic N) is 6. The Labute approximate surface area is 243 Å². The fourth-order valence-corrected chi connectivity index (χ4v) is 6.62. The van der Waals surface area contributed by atoms with Crippen molar-refractivity contribution in [1.82, 2.24) is 25.4 Å². The van der Waals surface area contributed by atoms with Crippen LogP contribution in [-0.2, 0) is 28.7 Å². The zero-order chi connectivity index (χ0) is 30.3. The second-order valence-electron chi connectivity index (χ2n) is 8.53. The van der Waals surface area contributed by atoms with Crippen LogP contribution >= 0.6 is 34.4 Å². The van der Waals surface area contributed by atoms with Gasteiger partial charge in [-0.05, 0) is 18.1 Å². The lowest BCUT2D eigenvalue weighted by Gasteiger charge is -2.49. The van der Waals surface area contributed by atoms with Crippen molar-refractivity contribution in [3.8, 4) is 0 Å². The van der Waals surface area contributed by atoms with Crippen LogP contribution in [0.5, 0.6) is 0 Å². The summed E-state index contributed by atoms with van der Waals surface area (Å²) in [6, 6.07) is -1.31. The zero-order valence-corrected chi connectivity index (χ0v) is 23.0. The van der Waals surface area contributed by atoms with Gasteiger partial charge in [0, 0.05) is 23.3 Å². The van der Waals surface area contributed by atoms with Crippen molar-refractivity contribution in [2.75, 3.05) is 22.9 Å². The first-order chi connectivity index (χ1) is 19.9. The van der Waals surface area contributed by atoms with Crippen LogP contribution in [0.2, 0.25) is 0 Å². The molecule has 2 saturated heterocycles. The van der Waals surface area contributed by atoms with E-state index in [-0.39, 0.29) is 40.7 Å². The summed E-state index contributed by atoms with van der Waals surface area (Å²) < 4.78 is 42.6. The third kappa shape index (κ3) is 5.32. The quantitative estimate of drug-likeness (QED) is 0.0742. The van der Waals surface area contributed by atoms with Crippen molar-refractivity contribution in [1.29, 1.82) is 0 Å². The average molecular weight is 645 g/mol. The molecule has 0 saturated carbocycles. The molecular formula is C21H15F3N8O7S3. The number of β-lactam (4-membered cyclic amide) rings is 1. The lowest BCUT2D eigenvalue weighted by Crippen LogP contribution is -2.71. The van der Waals surface area contributed by atoms with Crippen LogP contribution in [0.1, 0.15) is 12.1 Å². The number of anilines is 2. The summed E-state index contributed by atoms with van der Waals surface area (Å²) in [4.78, 5) is 69.1. The van der Waals surface area contributed by atoms with E-state index in [4.69, 9.17) is 5.73 Å². The normalized spacial score (nSPS) is 21.9. The Kier molecular flexibility index (Phi) is 7.72. The number of carbonyl (C=O) groups excluding carboxylic acids is 5. The summed E-state index contributed by atoms with van der Waals surface area (Å²) in [6.07, 6.45) is -4.07. The molecule has 3 aliphatic rings. The van der Waals surface area contributed by atoms with Gasteiger partial charge in [-0.15, -0.1) is 33.3 Å². The summed E-state index contributed by atoms with van der Waals surface area (Å²) in [5, 5.41) is 22.7. The van der Waals surface area contributed by atoms with E-state index in [1.165, 1.54) is 21.9 Å². The molecule has 15 nitrogen and oxygen atoms in total. The topological polar surface area (TPSA) is 210 Å². The van der Waals surface area contributed by atoms with Gasteiger partial charge in [0.1, 0.15) is 28.3 Å². The highest BCUT2D eigenvalue weighted by Gasteiger charge is 2.55. The summed E-state index contributed by atoms with van der Waals surface area (Å²) in [5.41, 5.74) is 5.74. The number of amides is 3. The van der Waals surface area contributed by atoms with Crippen LogP contribution in [0.3, 0.4) is 0 Å². The van der Waals surface area contributed by atoms with E-state index < -0.39 is 58.7 Å². The van der Waals surface area contributed by atoms with Gasteiger partial charge in [0.2, 0.25) is 5.13 Å². The molecule has 2 aromatic heterocycles. The van der Waals surface area contributed by atoms with Gasteiger partial charge in [0.05, 0.1) is 0 Å². The number of alkyl halides is 3. The van der Waals surface area contributed by atoms with Gasteiger partial charge in [-0.3, -0.25) is 24.2 Å². The van der Waals surface area contributed by atoms with Crippen molar-refractivity contribution in [2.24, 2.45) is 5.16 Å². The summed E-state index contributed by atoms with van der Waals surface area (Å²) in [7, 11) is 0. The molecule has 0 aliphatic carbocycles. The van der Waals surface area contributed by atoms with Crippen molar-refractivity contribution in [2.45, 2.75) is 24.0 Å². The summed E-state index contributed by atoms with van der Waals surface area (Å²) in [6.45, 7) is 0.214. The summed E-state index contributed by atoms with van der Waals surface area (Å²) in [5.74, 6) is -7.15. The average Bonchev–Trinajstić information content (AvgIpc) is 3.69. The van der Waals surface area contributed by atoms with Crippen LogP contribution < -0.4 is 16.0 Å². The maximum Gasteiger partial charge on any atom is 0.491 e. The smallest absolute Gasteiger partial charge is 0.410 e. The number of oxime groups is 1. The molecule has 220 valence electrons. The Bertz CT molecular complexity index is 1590. The molecule has 2 fully saturated rings. The third-order valence-corrected chi connectivity index (χ3v) is 8.72. The zero-order valence-electron chi connectivity index (χ0n) is 20.5. The van der Waals surface area contributed by atoms with Crippen molar-refractivity contribution >= 4 is 80.1 Å². The number of rotatable bonds is 6. The molecule has 2 aromatic rings. The number of thioether (sulfide) groups is 1. The molecule has 3 amide bonds. The third-order valence-electron chi connectivity index (χ3n) is 6.03. The maximum atomic E-state index is 13.1. The highest BCUT2D eigenvalue weighted by atomic mass is 32.2. The predicted molar refractivity (Wildman–Crippen MR) is 139 cm³/mol. The highest BCUT2D eigenvalue weighted by molar-refractivity contribution is 8.00. The first-order valence-corrected chi connectivity index (χ1v) is 14.3. The number of nitrogens with two attached hydrogens (primary N) is 1. The minimum Gasteiger partial charge on any atom is -0.410 e. The largest absolute Gasteiger partial charge is 0.491 e. The Hall–Kier alpha value is -4.37. The molecule has 0 aromatic carbocycles. The first kappa shape index (κ1) is 29.1. The lowest BCUT2D eigenvalue weighted by atomic mass is 10.0.